The second-order valence-electron chi connectivity index (χ2n) is 3.18. The molecule has 16 heavy (non-hydrogen) atoms. The molecule has 0 amide bonds. The Labute approximate surface area is 104 Å². The van der Waals surface area contributed by atoms with Crippen molar-refractivity contribution in [2.75, 3.05) is 6.54 Å². The Morgan fingerprint density at radius 2 is 2.44 bits per heavy atom. The Kier molecular flexibility index (Phi) is 3.70. The summed E-state index contributed by atoms with van der Waals surface area (Å²) < 4.78 is 5.94. The highest BCUT2D eigenvalue weighted by Crippen LogP contribution is 2.28. The van der Waals surface area contributed by atoms with E-state index in [4.69, 9.17) is 10.3 Å². The smallest absolute Gasteiger partial charge is 0.255 e. The third-order valence-electron chi connectivity index (χ3n) is 1.95. The van der Waals surface area contributed by atoms with Gasteiger partial charge in [0.25, 0.3) is 5.89 Å². The molecule has 0 saturated heterocycles. The van der Waals surface area contributed by atoms with E-state index in [1.807, 2.05) is 11.4 Å². The topological polar surface area (TPSA) is 85.2 Å². The van der Waals surface area contributed by atoms with E-state index in [0.29, 0.717) is 18.8 Å². The van der Waals surface area contributed by atoms with Gasteiger partial charge in [0.15, 0.2) is 0 Å². The van der Waals surface area contributed by atoms with Crippen LogP contribution < -0.4 is 5.73 Å². The Morgan fingerprint density at radius 3 is 3.06 bits per heavy atom. The van der Waals surface area contributed by atoms with Crippen molar-refractivity contribution in [3.05, 3.63) is 21.8 Å². The SMILES string of the molecule is NCCC(O)c1nc(-c2cc(Br)cs2)no1. The number of aromatic nitrogens is 2. The van der Waals surface area contributed by atoms with E-state index < -0.39 is 6.10 Å². The van der Waals surface area contributed by atoms with E-state index in [2.05, 4.69) is 26.1 Å². The highest BCUT2D eigenvalue weighted by atomic mass is 79.9. The molecule has 1 atom stereocenters. The molecular weight excluding hydrogens is 294 g/mol. The van der Waals surface area contributed by atoms with E-state index in [-0.39, 0.29) is 5.89 Å². The molecule has 5 nitrogen and oxygen atoms in total. The van der Waals surface area contributed by atoms with Gasteiger partial charge in [-0.05, 0) is 35.0 Å². The highest BCUT2D eigenvalue weighted by molar-refractivity contribution is 9.10. The minimum Gasteiger partial charge on any atom is -0.383 e. The summed E-state index contributed by atoms with van der Waals surface area (Å²) in [5.41, 5.74) is 5.33. The molecule has 0 fully saturated rings. The van der Waals surface area contributed by atoms with Gasteiger partial charge in [0.05, 0.1) is 4.88 Å². The van der Waals surface area contributed by atoms with Crippen molar-refractivity contribution >= 4 is 27.3 Å². The van der Waals surface area contributed by atoms with E-state index in [0.717, 1.165) is 9.35 Å². The van der Waals surface area contributed by atoms with Crippen LogP contribution in [0.1, 0.15) is 18.4 Å². The summed E-state index contributed by atoms with van der Waals surface area (Å²) in [4.78, 5) is 5.01. The number of thiophene rings is 1. The van der Waals surface area contributed by atoms with Gasteiger partial charge in [-0.3, -0.25) is 0 Å². The van der Waals surface area contributed by atoms with Crippen molar-refractivity contribution in [1.29, 1.82) is 0 Å². The molecule has 7 heteroatoms. The Hall–Kier alpha value is -0.760. The summed E-state index contributed by atoms with van der Waals surface area (Å²) in [5.74, 6) is 0.701. The van der Waals surface area contributed by atoms with Gasteiger partial charge < -0.3 is 15.4 Å². The predicted molar refractivity (Wildman–Crippen MR) is 63.9 cm³/mol. The van der Waals surface area contributed by atoms with Crippen molar-refractivity contribution in [2.45, 2.75) is 12.5 Å². The Morgan fingerprint density at radius 1 is 1.62 bits per heavy atom. The van der Waals surface area contributed by atoms with Gasteiger partial charge in [0.2, 0.25) is 5.82 Å². The zero-order chi connectivity index (χ0) is 11.5. The molecule has 0 bridgehead atoms. The van der Waals surface area contributed by atoms with Crippen molar-refractivity contribution in [1.82, 2.24) is 10.1 Å². The predicted octanol–water partition coefficient (Wildman–Crippen LogP) is 1.94. The molecule has 0 aliphatic heterocycles. The number of nitrogens with two attached hydrogens (primary N) is 1. The van der Waals surface area contributed by atoms with Crippen LogP contribution in [0.2, 0.25) is 0 Å². The van der Waals surface area contributed by atoms with Gasteiger partial charge in [-0.1, -0.05) is 5.16 Å². The molecule has 0 saturated carbocycles. The zero-order valence-corrected chi connectivity index (χ0v) is 10.7. The van der Waals surface area contributed by atoms with Crippen molar-refractivity contribution in [3.8, 4) is 10.7 Å². The van der Waals surface area contributed by atoms with E-state index in [1.165, 1.54) is 11.3 Å². The van der Waals surface area contributed by atoms with Crippen LogP contribution in [0.5, 0.6) is 0 Å². The van der Waals surface area contributed by atoms with Gasteiger partial charge >= 0.3 is 0 Å². The van der Waals surface area contributed by atoms with Gasteiger partial charge in [-0.2, -0.15) is 4.98 Å². The zero-order valence-electron chi connectivity index (χ0n) is 8.26. The molecule has 0 aliphatic carbocycles. The molecule has 0 radical (unpaired) electrons. The van der Waals surface area contributed by atoms with Crippen LogP contribution in [0.4, 0.5) is 0 Å². The highest BCUT2D eigenvalue weighted by Gasteiger charge is 2.16. The number of aliphatic hydroxyl groups is 1. The van der Waals surface area contributed by atoms with E-state index in [1.54, 1.807) is 0 Å². The van der Waals surface area contributed by atoms with Crippen LogP contribution in [0.3, 0.4) is 0 Å². The van der Waals surface area contributed by atoms with Gasteiger partial charge in [0.1, 0.15) is 6.10 Å². The van der Waals surface area contributed by atoms with Crippen LogP contribution >= 0.6 is 27.3 Å². The lowest BCUT2D eigenvalue weighted by Crippen LogP contribution is -2.06. The minimum absolute atomic E-state index is 0.213. The number of hydrogen-bond acceptors (Lipinski definition) is 6. The molecule has 2 aromatic heterocycles. The molecule has 0 aliphatic rings. The summed E-state index contributed by atoms with van der Waals surface area (Å²) >= 11 is 4.85. The van der Waals surface area contributed by atoms with E-state index >= 15 is 0 Å². The van der Waals surface area contributed by atoms with Gasteiger partial charge in [-0.15, -0.1) is 11.3 Å². The third kappa shape index (κ3) is 2.49. The average Bonchev–Trinajstić information content (AvgIpc) is 2.85. The maximum absolute atomic E-state index is 9.60. The fraction of sp³-hybridized carbons (Fsp3) is 0.333. The number of nitrogens with zero attached hydrogens (tertiary/aromatic N) is 2. The number of aliphatic hydroxyl groups excluding tert-OH is 1. The quantitative estimate of drug-likeness (QED) is 0.901. The normalized spacial score (nSPS) is 12.9. The first-order valence-electron chi connectivity index (χ1n) is 4.67. The van der Waals surface area contributed by atoms with Crippen LogP contribution in [0.15, 0.2) is 20.4 Å². The monoisotopic (exact) mass is 303 g/mol. The standard InChI is InChI=1S/C9H10BrN3O2S/c10-5-3-7(16-4-5)8-12-9(15-13-8)6(14)1-2-11/h3-4,6,14H,1-2,11H2. The number of halogens is 1. The lowest BCUT2D eigenvalue weighted by molar-refractivity contribution is 0.127. The van der Waals surface area contributed by atoms with Crippen LogP contribution in [-0.4, -0.2) is 21.8 Å². The van der Waals surface area contributed by atoms with Crippen LogP contribution in [0, 0.1) is 0 Å². The first kappa shape index (κ1) is 11.7. The van der Waals surface area contributed by atoms with Crippen LogP contribution in [-0.2, 0) is 0 Å². The molecule has 2 aromatic rings. The fourth-order valence-corrected chi connectivity index (χ4v) is 2.53. The van der Waals surface area contributed by atoms with Crippen molar-refractivity contribution < 1.29 is 9.63 Å². The fourth-order valence-electron chi connectivity index (χ4n) is 1.18. The maximum atomic E-state index is 9.60. The molecule has 2 rings (SSSR count). The maximum Gasteiger partial charge on any atom is 0.255 e. The summed E-state index contributed by atoms with van der Waals surface area (Å²) in [6.45, 7) is 0.378. The summed E-state index contributed by atoms with van der Waals surface area (Å²) in [6.07, 6.45) is -0.370. The summed E-state index contributed by atoms with van der Waals surface area (Å²) in [6, 6.07) is 1.90. The van der Waals surface area contributed by atoms with Crippen LogP contribution in [0.25, 0.3) is 10.7 Å². The molecule has 1 unspecified atom stereocenters. The molecule has 0 spiro atoms. The molecule has 2 heterocycles. The van der Waals surface area contributed by atoms with Crippen molar-refractivity contribution in [2.24, 2.45) is 5.73 Å². The first-order chi connectivity index (χ1) is 7.70. The lowest BCUT2D eigenvalue weighted by atomic mass is 10.2. The van der Waals surface area contributed by atoms with E-state index in [9.17, 15) is 5.11 Å². The largest absolute Gasteiger partial charge is 0.383 e. The Bertz CT molecular complexity index is 471. The third-order valence-corrected chi connectivity index (χ3v) is 3.64. The molecule has 0 aromatic carbocycles. The second kappa shape index (κ2) is 5.05. The van der Waals surface area contributed by atoms with Gasteiger partial charge in [-0.25, -0.2) is 0 Å². The second-order valence-corrected chi connectivity index (χ2v) is 5.01. The first-order valence-corrected chi connectivity index (χ1v) is 6.34. The van der Waals surface area contributed by atoms with Crippen molar-refractivity contribution in [3.63, 3.8) is 0 Å². The molecular formula is C9H10BrN3O2S. The summed E-state index contributed by atoms with van der Waals surface area (Å²) in [7, 11) is 0. The number of rotatable bonds is 4. The lowest BCUT2D eigenvalue weighted by Gasteiger charge is -2.00. The molecule has 86 valence electrons. The Balaban J connectivity index is 2.19. The minimum atomic E-state index is -0.783. The average molecular weight is 304 g/mol. The molecule has 3 N–H and O–H groups in total. The summed E-state index contributed by atoms with van der Waals surface area (Å²) in [5, 5.41) is 15.3. The number of hydrogen-bond donors (Lipinski definition) is 2. The van der Waals surface area contributed by atoms with Gasteiger partial charge in [0, 0.05) is 9.85 Å².